The zero-order valence-corrected chi connectivity index (χ0v) is 14.2. The Kier molecular flexibility index (Phi) is 6.64. The van der Waals surface area contributed by atoms with Crippen molar-refractivity contribution in [3.63, 3.8) is 0 Å². The molecule has 0 aliphatic rings. The van der Waals surface area contributed by atoms with Gasteiger partial charge in [-0.25, -0.2) is 4.79 Å². The summed E-state index contributed by atoms with van der Waals surface area (Å²) < 4.78 is 43.3. The second-order valence-corrected chi connectivity index (χ2v) is 5.59. The highest BCUT2D eigenvalue weighted by molar-refractivity contribution is 5.89. The van der Waals surface area contributed by atoms with Crippen LogP contribution in [0.5, 0.6) is 5.75 Å². The van der Waals surface area contributed by atoms with Crippen molar-refractivity contribution >= 4 is 17.6 Å². The first-order valence-electron chi connectivity index (χ1n) is 7.96. The molecule has 144 valence electrons. The summed E-state index contributed by atoms with van der Waals surface area (Å²) in [4.78, 5) is 22.5. The Balaban J connectivity index is 1.83. The lowest BCUT2D eigenvalue weighted by atomic mass is 10.1. The molecule has 2 rings (SSSR count). The molecule has 0 saturated carbocycles. The highest BCUT2D eigenvalue weighted by Gasteiger charge is 2.30. The van der Waals surface area contributed by atoms with Crippen molar-refractivity contribution < 1.29 is 27.5 Å². The van der Waals surface area contributed by atoms with E-state index in [4.69, 9.17) is 10.5 Å². The maximum absolute atomic E-state index is 12.7. The molecule has 0 atom stereocenters. The predicted octanol–water partition coefficient (Wildman–Crippen LogP) is 3.28. The summed E-state index contributed by atoms with van der Waals surface area (Å²) in [6.45, 7) is 0.101. The molecule has 4 N–H and O–H groups in total. The fourth-order valence-electron chi connectivity index (χ4n) is 2.12. The summed E-state index contributed by atoms with van der Waals surface area (Å²) in [5.74, 6) is 0.0388. The lowest BCUT2D eigenvalue weighted by molar-refractivity contribution is -0.137. The van der Waals surface area contributed by atoms with E-state index in [1.165, 1.54) is 12.1 Å². The van der Waals surface area contributed by atoms with Gasteiger partial charge in [0.25, 0.3) is 0 Å². The van der Waals surface area contributed by atoms with E-state index in [1.54, 1.807) is 24.3 Å². The van der Waals surface area contributed by atoms with Crippen molar-refractivity contribution in [2.24, 2.45) is 5.73 Å². The Morgan fingerprint density at radius 1 is 1.07 bits per heavy atom. The molecule has 2 aromatic rings. The molecule has 9 heteroatoms. The van der Waals surface area contributed by atoms with Gasteiger partial charge in [-0.3, -0.25) is 4.79 Å². The van der Waals surface area contributed by atoms with E-state index in [1.807, 2.05) is 0 Å². The number of nitrogens with one attached hydrogen (secondary N) is 2. The lowest BCUT2D eigenvalue weighted by Gasteiger charge is -2.11. The van der Waals surface area contributed by atoms with E-state index >= 15 is 0 Å². The third kappa shape index (κ3) is 6.89. The second-order valence-electron chi connectivity index (χ2n) is 5.59. The van der Waals surface area contributed by atoms with E-state index in [-0.39, 0.29) is 19.6 Å². The van der Waals surface area contributed by atoms with Crippen LogP contribution in [0.1, 0.15) is 17.5 Å². The highest BCUT2D eigenvalue weighted by Crippen LogP contribution is 2.29. The van der Waals surface area contributed by atoms with Crippen molar-refractivity contribution in [3.8, 4) is 5.75 Å². The molecule has 27 heavy (non-hydrogen) atoms. The third-order valence-corrected chi connectivity index (χ3v) is 3.44. The Labute approximate surface area is 153 Å². The molecule has 0 bridgehead atoms. The summed E-state index contributed by atoms with van der Waals surface area (Å²) in [6.07, 6.45) is -4.34. The van der Waals surface area contributed by atoms with Gasteiger partial charge in [0.05, 0.1) is 18.6 Å². The van der Waals surface area contributed by atoms with Gasteiger partial charge in [0.15, 0.2) is 0 Å². The van der Waals surface area contributed by atoms with E-state index in [0.717, 1.165) is 12.1 Å². The zero-order chi connectivity index (χ0) is 19.9. The number of benzene rings is 2. The average molecular weight is 381 g/mol. The van der Waals surface area contributed by atoms with E-state index in [0.29, 0.717) is 17.0 Å². The molecular formula is C18H18F3N3O3. The molecule has 0 radical (unpaired) electrons. The molecule has 0 fully saturated rings. The molecule has 0 saturated heterocycles. The lowest BCUT2D eigenvalue weighted by Crippen LogP contribution is -2.28. The highest BCUT2D eigenvalue weighted by atomic mass is 19.4. The number of rotatable bonds is 7. The first kappa shape index (κ1) is 20.1. The van der Waals surface area contributed by atoms with Gasteiger partial charge in [-0.2, -0.15) is 13.2 Å². The number of urea groups is 1. The Bertz CT molecular complexity index is 792. The number of amides is 3. The van der Waals surface area contributed by atoms with Crippen LogP contribution in [0.15, 0.2) is 48.5 Å². The molecular weight excluding hydrogens is 363 g/mol. The van der Waals surface area contributed by atoms with Crippen molar-refractivity contribution in [2.75, 3.05) is 11.9 Å². The molecule has 0 heterocycles. The second kappa shape index (κ2) is 8.93. The van der Waals surface area contributed by atoms with Crippen LogP contribution < -0.4 is 21.1 Å². The molecule has 0 aliphatic carbocycles. The largest absolute Gasteiger partial charge is 0.493 e. The van der Waals surface area contributed by atoms with Gasteiger partial charge in [-0.05, 0) is 42.0 Å². The number of nitrogens with two attached hydrogens (primary N) is 1. The van der Waals surface area contributed by atoms with Crippen LogP contribution in [0.4, 0.5) is 23.7 Å². The standard InChI is InChI=1S/C18H18F3N3O3/c19-18(20,21)13-3-1-2-12(10-13)11-23-17(26)24-14-4-6-15(7-5-14)27-9-8-16(22)25/h1-7,10H,8-9,11H2,(H2,22,25)(H2,23,24,26). The van der Waals surface area contributed by atoms with Crippen LogP contribution in [-0.2, 0) is 17.5 Å². The van der Waals surface area contributed by atoms with Crippen LogP contribution in [0.3, 0.4) is 0 Å². The van der Waals surface area contributed by atoms with Gasteiger partial charge in [0.2, 0.25) is 5.91 Å². The van der Waals surface area contributed by atoms with Crippen LogP contribution in [-0.4, -0.2) is 18.5 Å². The minimum absolute atomic E-state index is 0.0515. The zero-order valence-electron chi connectivity index (χ0n) is 14.2. The maximum Gasteiger partial charge on any atom is 0.416 e. The third-order valence-electron chi connectivity index (χ3n) is 3.44. The van der Waals surface area contributed by atoms with Crippen molar-refractivity contribution in [1.29, 1.82) is 0 Å². The van der Waals surface area contributed by atoms with Gasteiger partial charge in [-0.1, -0.05) is 12.1 Å². The number of carbonyl (C=O) groups is 2. The Hall–Kier alpha value is -3.23. The number of anilines is 1. The van der Waals surface area contributed by atoms with Crippen LogP contribution in [0.2, 0.25) is 0 Å². The number of hydrogen-bond acceptors (Lipinski definition) is 3. The van der Waals surface area contributed by atoms with Gasteiger partial charge in [0.1, 0.15) is 5.75 Å². The normalized spacial score (nSPS) is 10.9. The van der Waals surface area contributed by atoms with Gasteiger partial charge in [0, 0.05) is 12.2 Å². The number of ether oxygens (including phenoxy) is 1. The van der Waals surface area contributed by atoms with Crippen LogP contribution in [0.25, 0.3) is 0 Å². The van der Waals surface area contributed by atoms with Crippen molar-refractivity contribution in [1.82, 2.24) is 5.32 Å². The summed E-state index contributed by atoms with van der Waals surface area (Å²) in [5.41, 5.74) is 5.04. The number of alkyl halides is 3. The molecule has 0 aromatic heterocycles. The number of hydrogen-bond donors (Lipinski definition) is 3. The smallest absolute Gasteiger partial charge is 0.416 e. The van der Waals surface area contributed by atoms with E-state index in [9.17, 15) is 22.8 Å². The minimum Gasteiger partial charge on any atom is -0.493 e. The monoisotopic (exact) mass is 381 g/mol. The van der Waals surface area contributed by atoms with Gasteiger partial charge >= 0.3 is 12.2 Å². The topological polar surface area (TPSA) is 93.5 Å². The van der Waals surface area contributed by atoms with Crippen LogP contribution >= 0.6 is 0 Å². The Morgan fingerprint density at radius 2 is 1.78 bits per heavy atom. The minimum atomic E-state index is -4.43. The summed E-state index contributed by atoms with van der Waals surface area (Å²) in [6, 6.07) is 10.5. The molecule has 0 spiro atoms. The maximum atomic E-state index is 12.7. The molecule has 2 aromatic carbocycles. The number of carbonyl (C=O) groups excluding carboxylic acids is 2. The molecule has 0 unspecified atom stereocenters. The molecule has 3 amide bonds. The quantitative estimate of drug-likeness (QED) is 0.687. The van der Waals surface area contributed by atoms with Gasteiger partial charge in [-0.15, -0.1) is 0 Å². The average Bonchev–Trinajstić information content (AvgIpc) is 2.61. The first-order valence-corrected chi connectivity index (χ1v) is 7.96. The van der Waals surface area contributed by atoms with E-state index < -0.39 is 23.7 Å². The Morgan fingerprint density at radius 3 is 2.41 bits per heavy atom. The summed E-state index contributed by atoms with van der Waals surface area (Å²) in [5, 5.41) is 5.04. The van der Waals surface area contributed by atoms with Crippen molar-refractivity contribution in [2.45, 2.75) is 19.1 Å². The van der Waals surface area contributed by atoms with E-state index in [2.05, 4.69) is 10.6 Å². The number of primary amides is 1. The molecule has 0 aliphatic heterocycles. The van der Waals surface area contributed by atoms with Crippen LogP contribution in [0, 0.1) is 0 Å². The summed E-state index contributed by atoms with van der Waals surface area (Å²) >= 11 is 0. The van der Waals surface area contributed by atoms with Gasteiger partial charge < -0.3 is 21.1 Å². The number of halogens is 3. The SMILES string of the molecule is NC(=O)CCOc1ccc(NC(=O)NCc2cccc(C(F)(F)F)c2)cc1. The summed E-state index contributed by atoms with van der Waals surface area (Å²) in [7, 11) is 0. The fraction of sp³-hybridized carbons (Fsp3) is 0.222. The first-order chi connectivity index (χ1) is 12.7. The van der Waals surface area contributed by atoms with Crippen molar-refractivity contribution in [3.05, 3.63) is 59.7 Å². The predicted molar refractivity (Wildman–Crippen MR) is 93.1 cm³/mol. The fourth-order valence-corrected chi connectivity index (χ4v) is 2.12. The molecule has 6 nitrogen and oxygen atoms in total.